The smallest absolute Gasteiger partial charge is 0.258 e. The van der Waals surface area contributed by atoms with Gasteiger partial charge in [-0.25, -0.2) is 4.98 Å². The van der Waals surface area contributed by atoms with Gasteiger partial charge in [0, 0.05) is 29.4 Å². The van der Waals surface area contributed by atoms with Crippen LogP contribution in [0, 0.1) is 0 Å². The van der Waals surface area contributed by atoms with Crippen molar-refractivity contribution in [3.05, 3.63) is 69.6 Å². The Morgan fingerprint density at radius 1 is 1.22 bits per heavy atom. The monoisotopic (exact) mass is 384 g/mol. The van der Waals surface area contributed by atoms with E-state index in [1.165, 1.54) is 29.7 Å². The van der Waals surface area contributed by atoms with E-state index in [2.05, 4.69) is 20.6 Å². The van der Waals surface area contributed by atoms with Gasteiger partial charge >= 0.3 is 0 Å². The zero-order chi connectivity index (χ0) is 19.2. The Kier molecular flexibility index (Phi) is 5.62. The molecule has 8 nitrogen and oxygen atoms in total. The van der Waals surface area contributed by atoms with Gasteiger partial charge in [-0.15, -0.1) is 11.3 Å². The minimum atomic E-state index is -0.395. The Balaban J connectivity index is 1.58. The highest BCUT2D eigenvalue weighted by Crippen LogP contribution is 2.19. The van der Waals surface area contributed by atoms with Gasteiger partial charge in [-0.1, -0.05) is 6.07 Å². The first kappa shape index (κ1) is 18.3. The highest BCUT2D eigenvalue weighted by molar-refractivity contribution is 7.14. The summed E-state index contributed by atoms with van der Waals surface area (Å²) in [6, 6.07) is 9.73. The van der Waals surface area contributed by atoms with Crippen LogP contribution in [0.5, 0.6) is 5.75 Å². The number of aromatic nitrogens is 2. The highest BCUT2D eigenvalue weighted by Gasteiger charge is 2.12. The third kappa shape index (κ3) is 5.02. The van der Waals surface area contributed by atoms with Crippen molar-refractivity contribution >= 4 is 34.0 Å². The molecule has 1 aromatic carbocycles. The molecule has 2 heterocycles. The van der Waals surface area contributed by atoms with Gasteiger partial charge in [0.1, 0.15) is 5.75 Å². The van der Waals surface area contributed by atoms with Gasteiger partial charge in [0.15, 0.2) is 5.13 Å². The number of rotatable bonds is 6. The molecule has 0 bridgehead atoms. The van der Waals surface area contributed by atoms with Crippen LogP contribution in [0.3, 0.4) is 0 Å². The molecule has 3 aromatic rings. The molecular formula is C18H16N4O4S. The number of aromatic amines is 1. The molecule has 27 heavy (non-hydrogen) atoms. The van der Waals surface area contributed by atoms with Crippen LogP contribution in [-0.2, 0) is 11.2 Å². The molecule has 0 spiro atoms. The first-order chi connectivity index (χ1) is 13.0. The van der Waals surface area contributed by atoms with E-state index in [0.29, 0.717) is 27.8 Å². The number of carbonyl (C=O) groups excluding carboxylic acids is 2. The van der Waals surface area contributed by atoms with Crippen molar-refractivity contribution in [1.29, 1.82) is 0 Å². The van der Waals surface area contributed by atoms with Crippen LogP contribution in [0.4, 0.5) is 10.8 Å². The van der Waals surface area contributed by atoms with E-state index in [1.54, 1.807) is 36.8 Å². The average Bonchev–Trinajstić information content (AvgIpc) is 3.08. The van der Waals surface area contributed by atoms with Gasteiger partial charge in [0.05, 0.1) is 24.8 Å². The SMILES string of the molecule is COc1cccc(NC(=O)Cc2csc(NC(=O)c3ccc(=O)[nH]c3)n2)c1. The number of ether oxygens (including phenoxy) is 1. The van der Waals surface area contributed by atoms with E-state index in [9.17, 15) is 14.4 Å². The number of carbonyl (C=O) groups is 2. The summed E-state index contributed by atoms with van der Waals surface area (Å²) in [6.07, 6.45) is 1.40. The molecule has 3 N–H and O–H groups in total. The Labute approximate surface area is 158 Å². The zero-order valence-corrected chi connectivity index (χ0v) is 15.1. The topological polar surface area (TPSA) is 113 Å². The predicted molar refractivity (Wildman–Crippen MR) is 102 cm³/mol. The number of anilines is 2. The van der Waals surface area contributed by atoms with Crippen LogP contribution in [-0.4, -0.2) is 28.9 Å². The summed E-state index contributed by atoms with van der Waals surface area (Å²) < 4.78 is 5.12. The fraction of sp³-hybridized carbons (Fsp3) is 0.111. The lowest BCUT2D eigenvalue weighted by atomic mass is 10.2. The normalized spacial score (nSPS) is 10.3. The van der Waals surface area contributed by atoms with E-state index in [1.807, 2.05) is 0 Å². The average molecular weight is 384 g/mol. The molecule has 0 aliphatic rings. The quantitative estimate of drug-likeness (QED) is 0.603. The number of methoxy groups -OCH3 is 1. The third-order valence-corrected chi connectivity index (χ3v) is 4.32. The van der Waals surface area contributed by atoms with E-state index in [-0.39, 0.29) is 17.9 Å². The zero-order valence-electron chi connectivity index (χ0n) is 14.3. The van der Waals surface area contributed by atoms with E-state index in [0.717, 1.165) is 0 Å². The summed E-state index contributed by atoms with van der Waals surface area (Å²) in [5.74, 6) is 0.0220. The molecule has 3 rings (SSSR count). The predicted octanol–water partition coefficient (Wildman–Crippen LogP) is 2.27. The number of hydrogen-bond acceptors (Lipinski definition) is 6. The van der Waals surface area contributed by atoms with Gasteiger partial charge in [0.25, 0.3) is 5.91 Å². The Morgan fingerprint density at radius 2 is 2.07 bits per heavy atom. The standard InChI is InChI=1S/C18H16N4O4S/c1-26-14-4-2-3-12(7-14)20-16(24)8-13-10-27-18(21-13)22-17(25)11-5-6-15(23)19-9-11/h2-7,9-10H,8H2,1H3,(H,19,23)(H,20,24)(H,21,22,25). The van der Waals surface area contributed by atoms with Crippen LogP contribution in [0.25, 0.3) is 0 Å². The molecular weight excluding hydrogens is 368 g/mol. The fourth-order valence-corrected chi connectivity index (χ4v) is 2.94. The fourth-order valence-electron chi connectivity index (χ4n) is 2.24. The van der Waals surface area contributed by atoms with Crippen LogP contribution >= 0.6 is 11.3 Å². The van der Waals surface area contributed by atoms with Gasteiger partial charge in [-0.05, 0) is 18.2 Å². The molecule has 0 saturated heterocycles. The summed E-state index contributed by atoms with van der Waals surface area (Å²) in [6.45, 7) is 0. The maximum Gasteiger partial charge on any atom is 0.258 e. The number of nitrogens with zero attached hydrogens (tertiary/aromatic N) is 1. The highest BCUT2D eigenvalue weighted by atomic mass is 32.1. The number of nitrogens with one attached hydrogen (secondary N) is 3. The molecule has 2 amide bonds. The van der Waals surface area contributed by atoms with Crippen molar-refractivity contribution in [3.63, 3.8) is 0 Å². The van der Waals surface area contributed by atoms with Gasteiger partial charge < -0.3 is 15.0 Å². The van der Waals surface area contributed by atoms with Crippen LogP contribution in [0.2, 0.25) is 0 Å². The lowest BCUT2D eigenvalue weighted by molar-refractivity contribution is -0.115. The van der Waals surface area contributed by atoms with Crippen LogP contribution < -0.4 is 20.9 Å². The minimum absolute atomic E-state index is 0.0717. The van der Waals surface area contributed by atoms with E-state index < -0.39 is 5.91 Å². The summed E-state index contributed by atoms with van der Waals surface area (Å²) in [5.41, 5.74) is 1.19. The van der Waals surface area contributed by atoms with Gasteiger partial charge in [0.2, 0.25) is 11.5 Å². The van der Waals surface area contributed by atoms with E-state index >= 15 is 0 Å². The van der Waals surface area contributed by atoms with Crippen LogP contribution in [0.15, 0.2) is 52.8 Å². The van der Waals surface area contributed by atoms with Crippen molar-refractivity contribution in [1.82, 2.24) is 9.97 Å². The second kappa shape index (κ2) is 8.28. The Hall–Kier alpha value is -3.46. The van der Waals surface area contributed by atoms with Crippen molar-refractivity contribution in [3.8, 4) is 5.75 Å². The minimum Gasteiger partial charge on any atom is -0.497 e. The summed E-state index contributed by atoms with van der Waals surface area (Å²) >= 11 is 1.22. The maximum absolute atomic E-state index is 12.2. The van der Waals surface area contributed by atoms with Crippen molar-refractivity contribution in [2.45, 2.75) is 6.42 Å². The summed E-state index contributed by atoms with van der Waals surface area (Å²) in [7, 11) is 1.55. The molecule has 0 atom stereocenters. The first-order valence-electron chi connectivity index (χ1n) is 7.92. The maximum atomic E-state index is 12.2. The van der Waals surface area contributed by atoms with Crippen LogP contribution in [0.1, 0.15) is 16.1 Å². The lowest BCUT2D eigenvalue weighted by Crippen LogP contribution is -2.16. The number of H-pyrrole nitrogens is 1. The van der Waals surface area contributed by atoms with Crippen molar-refractivity contribution in [2.24, 2.45) is 0 Å². The molecule has 0 aliphatic carbocycles. The molecule has 0 saturated carbocycles. The molecule has 9 heteroatoms. The molecule has 2 aromatic heterocycles. The number of thiazole rings is 1. The molecule has 138 valence electrons. The number of pyridine rings is 1. The van der Waals surface area contributed by atoms with E-state index in [4.69, 9.17) is 4.74 Å². The number of hydrogen-bond donors (Lipinski definition) is 3. The van der Waals surface area contributed by atoms with Gasteiger partial charge in [-0.2, -0.15) is 0 Å². The summed E-state index contributed by atoms with van der Waals surface area (Å²) in [5, 5.41) is 7.48. The summed E-state index contributed by atoms with van der Waals surface area (Å²) in [4.78, 5) is 42.0. The van der Waals surface area contributed by atoms with Crippen molar-refractivity contribution < 1.29 is 14.3 Å². The molecule has 0 unspecified atom stereocenters. The number of amides is 2. The second-order valence-electron chi connectivity index (χ2n) is 5.50. The first-order valence-corrected chi connectivity index (χ1v) is 8.80. The third-order valence-electron chi connectivity index (χ3n) is 3.51. The second-order valence-corrected chi connectivity index (χ2v) is 6.35. The lowest BCUT2D eigenvalue weighted by Gasteiger charge is -2.06. The largest absolute Gasteiger partial charge is 0.497 e. The molecule has 0 fully saturated rings. The Bertz CT molecular complexity index is 1010. The molecule has 0 aliphatic heterocycles. The van der Waals surface area contributed by atoms with Gasteiger partial charge in [-0.3, -0.25) is 19.7 Å². The Morgan fingerprint density at radius 3 is 2.81 bits per heavy atom. The van der Waals surface area contributed by atoms with Crippen molar-refractivity contribution in [2.75, 3.05) is 17.7 Å². The number of benzene rings is 1. The molecule has 0 radical (unpaired) electrons.